The van der Waals surface area contributed by atoms with Gasteiger partial charge >= 0.3 is 0 Å². The Morgan fingerprint density at radius 3 is 1.64 bits per heavy atom. The van der Waals surface area contributed by atoms with Crippen LogP contribution < -0.4 is 0 Å². The fraction of sp³-hybridized carbons (Fsp3) is 1.00. The van der Waals surface area contributed by atoms with E-state index in [0.29, 0.717) is 24.4 Å². The van der Waals surface area contributed by atoms with E-state index in [1.165, 1.54) is 12.8 Å². The second-order valence-electron chi connectivity index (χ2n) is 7.47. The number of aliphatic hydroxyl groups excluding tert-OH is 1. The maximum absolute atomic E-state index is 10.3. The Kier molecular flexibility index (Phi) is 5.74. The Balaban J connectivity index is 1.45. The van der Waals surface area contributed by atoms with E-state index in [9.17, 15) is 5.11 Å². The Bertz CT molecular complexity index is 323. The van der Waals surface area contributed by atoms with Crippen molar-refractivity contribution in [2.24, 2.45) is 0 Å². The van der Waals surface area contributed by atoms with Gasteiger partial charge in [-0.2, -0.15) is 0 Å². The van der Waals surface area contributed by atoms with Crippen molar-refractivity contribution >= 4 is 0 Å². The lowest BCUT2D eigenvalue weighted by Gasteiger charge is -2.25. The summed E-state index contributed by atoms with van der Waals surface area (Å²) in [5, 5.41) is 10.3. The molecule has 3 rings (SSSR count). The molecule has 0 aromatic rings. The van der Waals surface area contributed by atoms with E-state index in [0.717, 1.165) is 52.1 Å². The van der Waals surface area contributed by atoms with Crippen LogP contribution in [0.5, 0.6) is 0 Å². The van der Waals surface area contributed by atoms with Gasteiger partial charge in [-0.05, 0) is 39.5 Å². The summed E-state index contributed by atoms with van der Waals surface area (Å²) >= 11 is 0. The zero-order valence-corrected chi connectivity index (χ0v) is 14.1. The third kappa shape index (κ3) is 4.65. The molecule has 1 unspecified atom stereocenters. The molecule has 3 fully saturated rings. The molecule has 0 aromatic heterocycles. The molecule has 5 nitrogen and oxygen atoms in total. The van der Waals surface area contributed by atoms with Gasteiger partial charge in [0.05, 0.1) is 30.5 Å². The smallest absolute Gasteiger partial charge is 0.0793 e. The van der Waals surface area contributed by atoms with Crippen LogP contribution in [0.4, 0.5) is 0 Å². The number of β-amino-alcohol motifs (C(OH)–C–C–N with tert-alkyl or cyclic N) is 1. The van der Waals surface area contributed by atoms with Crippen LogP contribution in [0.1, 0.15) is 39.5 Å². The SMILES string of the molecule is C[C@@H]1CC[C@H](CN2CCN(C[C@@H]3CC[C@H](C)O3)CC(O)C2)O1. The summed E-state index contributed by atoms with van der Waals surface area (Å²) in [7, 11) is 0. The minimum atomic E-state index is -0.264. The van der Waals surface area contributed by atoms with Crippen molar-refractivity contribution < 1.29 is 14.6 Å². The van der Waals surface area contributed by atoms with Crippen molar-refractivity contribution in [2.75, 3.05) is 39.3 Å². The molecule has 3 saturated heterocycles. The number of hydrogen-bond acceptors (Lipinski definition) is 5. The highest BCUT2D eigenvalue weighted by atomic mass is 16.5. The average Bonchev–Trinajstić information content (AvgIpc) is 2.99. The van der Waals surface area contributed by atoms with Crippen LogP contribution in [0.25, 0.3) is 0 Å². The van der Waals surface area contributed by atoms with Crippen LogP contribution in [-0.2, 0) is 9.47 Å². The molecule has 0 bridgehead atoms. The zero-order valence-electron chi connectivity index (χ0n) is 14.1. The van der Waals surface area contributed by atoms with E-state index in [1.807, 2.05) is 0 Å². The van der Waals surface area contributed by atoms with Crippen LogP contribution in [-0.4, -0.2) is 84.7 Å². The molecule has 5 heteroatoms. The van der Waals surface area contributed by atoms with E-state index >= 15 is 0 Å². The van der Waals surface area contributed by atoms with Crippen LogP contribution in [0.15, 0.2) is 0 Å². The number of hydrogen-bond donors (Lipinski definition) is 1. The predicted octanol–water partition coefficient (Wildman–Crippen LogP) is 1.10. The maximum atomic E-state index is 10.3. The largest absolute Gasteiger partial charge is 0.390 e. The first-order valence-corrected chi connectivity index (χ1v) is 9.02. The van der Waals surface area contributed by atoms with Crippen LogP contribution in [0.2, 0.25) is 0 Å². The van der Waals surface area contributed by atoms with Crippen molar-refractivity contribution in [1.29, 1.82) is 0 Å². The normalized spacial score (nSPS) is 41.9. The molecule has 0 radical (unpaired) electrons. The van der Waals surface area contributed by atoms with Gasteiger partial charge in [0, 0.05) is 39.3 Å². The minimum absolute atomic E-state index is 0.264. The van der Waals surface area contributed by atoms with Crippen molar-refractivity contribution in [3.63, 3.8) is 0 Å². The van der Waals surface area contributed by atoms with Crippen molar-refractivity contribution in [1.82, 2.24) is 9.80 Å². The topological polar surface area (TPSA) is 45.2 Å². The molecule has 3 heterocycles. The van der Waals surface area contributed by atoms with Gasteiger partial charge in [-0.1, -0.05) is 0 Å². The van der Waals surface area contributed by atoms with Gasteiger partial charge in [0.2, 0.25) is 0 Å². The molecule has 3 aliphatic rings. The summed E-state index contributed by atoms with van der Waals surface area (Å²) in [5.74, 6) is 0. The highest BCUT2D eigenvalue weighted by Gasteiger charge is 2.29. The summed E-state index contributed by atoms with van der Waals surface area (Å²) in [4.78, 5) is 4.76. The van der Waals surface area contributed by atoms with Gasteiger partial charge < -0.3 is 14.6 Å². The second kappa shape index (κ2) is 7.58. The zero-order chi connectivity index (χ0) is 15.5. The lowest BCUT2D eigenvalue weighted by atomic mass is 10.2. The Labute approximate surface area is 134 Å². The van der Waals surface area contributed by atoms with Gasteiger partial charge in [0.1, 0.15) is 0 Å². The first kappa shape index (κ1) is 16.7. The van der Waals surface area contributed by atoms with E-state index in [4.69, 9.17) is 9.47 Å². The summed E-state index contributed by atoms with van der Waals surface area (Å²) in [6.45, 7) is 9.82. The maximum Gasteiger partial charge on any atom is 0.0793 e. The number of nitrogens with zero attached hydrogens (tertiary/aromatic N) is 2. The van der Waals surface area contributed by atoms with Crippen molar-refractivity contribution in [2.45, 2.75) is 70.1 Å². The fourth-order valence-corrected chi connectivity index (χ4v) is 4.07. The van der Waals surface area contributed by atoms with E-state index in [2.05, 4.69) is 23.6 Å². The highest BCUT2D eigenvalue weighted by Crippen LogP contribution is 2.22. The lowest BCUT2D eigenvalue weighted by Crippen LogP contribution is -2.38. The van der Waals surface area contributed by atoms with Gasteiger partial charge in [0.15, 0.2) is 0 Å². The standard InChI is InChI=1S/C17H32N2O3/c1-13-3-5-16(21-13)11-18-7-8-19(10-15(20)9-18)12-17-6-4-14(2)22-17/h13-17,20H,3-12H2,1-2H3/t13-,14+,15?,16-,17+. The third-order valence-electron chi connectivity index (χ3n) is 5.23. The fourth-order valence-electron chi connectivity index (χ4n) is 4.07. The second-order valence-corrected chi connectivity index (χ2v) is 7.47. The first-order chi connectivity index (χ1) is 10.6. The van der Waals surface area contributed by atoms with Gasteiger partial charge in [-0.3, -0.25) is 9.80 Å². The van der Waals surface area contributed by atoms with E-state index in [1.54, 1.807) is 0 Å². The first-order valence-electron chi connectivity index (χ1n) is 9.02. The molecule has 22 heavy (non-hydrogen) atoms. The highest BCUT2D eigenvalue weighted by molar-refractivity contribution is 4.82. The molecule has 0 aromatic carbocycles. The molecule has 0 amide bonds. The van der Waals surface area contributed by atoms with Gasteiger partial charge in [-0.25, -0.2) is 0 Å². The Morgan fingerprint density at radius 1 is 0.818 bits per heavy atom. The van der Waals surface area contributed by atoms with Crippen LogP contribution in [0.3, 0.4) is 0 Å². The molecule has 5 atom stereocenters. The predicted molar refractivity (Wildman–Crippen MR) is 86.0 cm³/mol. The molecule has 0 saturated carbocycles. The summed E-state index contributed by atoms with van der Waals surface area (Å²) in [5.41, 5.74) is 0. The summed E-state index contributed by atoms with van der Waals surface area (Å²) < 4.78 is 11.9. The van der Waals surface area contributed by atoms with Crippen LogP contribution >= 0.6 is 0 Å². The molecular formula is C17H32N2O3. The van der Waals surface area contributed by atoms with E-state index < -0.39 is 0 Å². The molecule has 0 aliphatic carbocycles. The molecular weight excluding hydrogens is 280 g/mol. The molecule has 3 aliphatic heterocycles. The monoisotopic (exact) mass is 312 g/mol. The van der Waals surface area contributed by atoms with Gasteiger partial charge in [0.25, 0.3) is 0 Å². The van der Waals surface area contributed by atoms with E-state index in [-0.39, 0.29) is 6.10 Å². The number of aliphatic hydroxyl groups is 1. The minimum Gasteiger partial charge on any atom is -0.390 e. The number of ether oxygens (including phenoxy) is 2. The number of rotatable bonds is 4. The summed E-state index contributed by atoms with van der Waals surface area (Å²) in [6, 6.07) is 0. The Morgan fingerprint density at radius 2 is 1.27 bits per heavy atom. The Hall–Kier alpha value is -0.200. The summed E-state index contributed by atoms with van der Waals surface area (Å²) in [6.07, 6.45) is 5.91. The lowest BCUT2D eigenvalue weighted by molar-refractivity contribution is 0.0223. The average molecular weight is 312 g/mol. The third-order valence-corrected chi connectivity index (χ3v) is 5.23. The molecule has 0 spiro atoms. The van der Waals surface area contributed by atoms with Crippen molar-refractivity contribution in [3.05, 3.63) is 0 Å². The molecule has 1 N–H and O–H groups in total. The molecule has 128 valence electrons. The van der Waals surface area contributed by atoms with Gasteiger partial charge in [-0.15, -0.1) is 0 Å². The quantitative estimate of drug-likeness (QED) is 0.842. The van der Waals surface area contributed by atoms with Crippen molar-refractivity contribution in [3.8, 4) is 0 Å². The van der Waals surface area contributed by atoms with Crippen LogP contribution in [0, 0.1) is 0 Å².